The van der Waals surface area contributed by atoms with E-state index in [0.717, 1.165) is 63.5 Å². The van der Waals surface area contributed by atoms with Crippen molar-refractivity contribution in [2.45, 2.75) is 32.1 Å². The Hall–Kier alpha value is -1.01. The van der Waals surface area contributed by atoms with Gasteiger partial charge in [0.15, 0.2) is 0 Å². The maximum atomic E-state index is 12.6. The van der Waals surface area contributed by atoms with Gasteiger partial charge in [-0.15, -0.1) is 24.8 Å². The van der Waals surface area contributed by atoms with E-state index in [-0.39, 0.29) is 30.7 Å². The molecule has 2 fully saturated rings. The molecule has 0 aromatic heterocycles. The number of carbonyl (C=O) groups excluding carboxylic acids is 1. The van der Waals surface area contributed by atoms with Crippen LogP contribution in [0.5, 0.6) is 5.75 Å². The number of rotatable bonds is 6. The summed E-state index contributed by atoms with van der Waals surface area (Å²) >= 11 is 0. The van der Waals surface area contributed by atoms with Crippen LogP contribution < -0.4 is 10.1 Å². The molecule has 0 radical (unpaired) electrons. The summed E-state index contributed by atoms with van der Waals surface area (Å²) in [5.41, 5.74) is 0.752. The van der Waals surface area contributed by atoms with Crippen LogP contribution in [-0.4, -0.2) is 68.1 Å². The largest absolute Gasteiger partial charge is 0.494 e. The highest BCUT2D eigenvalue weighted by atomic mass is 35.5. The van der Waals surface area contributed by atoms with Gasteiger partial charge in [0.25, 0.3) is 5.91 Å². The Balaban J connectivity index is 0.00000182. The number of hydrogen-bond acceptors (Lipinski definition) is 4. The van der Waals surface area contributed by atoms with Crippen LogP contribution in [0.2, 0.25) is 0 Å². The van der Waals surface area contributed by atoms with Gasteiger partial charge >= 0.3 is 0 Å². The Morgan fingerprint density at radius 3 is 2.41 bits per heavy atom. The fourth-order valence-corrected chi connectivity index (χ4v) is 3.59. The Kier molecular flexibility index (Phi) is 11.8. The highest BCUT2D eigenvalue weighted by Gasteiger charge is 2.17. The Bertz CT molecular complexity index is 529. The van der Waals surface area contributed by atoms with Crippen molar-refractivity contribution in [2.75, 3.05) is 52.4 Å². The topological polar surface area (TPSA) is 44.8 Å². The second-order valence-corrected chi connectivity index (χ2v) is 7.02. The maximum Gasteiger partial charge on any atom is 0.253 e. The predicted molar refractivity (Wildman–Crippen MR) is 115 cm³/mol. The first kappa shape index (κ1) is 24.0. The summed E-state index contributed by atoms with van der Waals surface area (Å²) in [4.78, 5) is 17.0. The molecule has 0 spiro atoms. The van der Waals surface area contributed by atoms with Gasteiger partial charge in [0.2, 0.25) is 0 Å². The lowest BCUT2D eigenvalue weighted by molar-refractivity contribution is 0.0766. The summed E-state index contributed by atoms with van der Waals surface area (Å²) < 4.78 is 5.84. The fraction of sp³-hybridized carbons (Fsp3) is 0.650. The predicted octanol–water partition coefficient (Wildman–Crippen LogP) is 3.22. The van der Waals surface area contributed by atoms with Gasteiger partial charge in [0.1, 0.15) is 5.75 Å². The number of amides is 1. The number of halogens is 2. The number of ether oxygens (including phenoxy) is 1. The van der Waals surface area contributed by atoms with Crippen LogP contribution in [0.3, 0.4) is 0 Å². The van der Waals surface area contributed by atoms with Crippen molar-refractivity contribution in [2.24, 2.45) is 0 Å². The molecule has 7 heteroatoms. The zero-order valence-electron chi connectivity index (χ0n) is 16.0. The van der Waals surface area contributed by atoms with Crippen molar-refractivity contribution in [3.63, 3.8) is 0 Å². The molecule has 27 heavy (non-hydrogen) atoms. The highest BCUT2D eigenvalue weighted by molar-refractivity contribution is 5.94. The summed E-state index contributed by atoms with van der Waals surface area (Å²) in [6.45, 7) is 7.83. The lowest BCUT2D eigenvalue weighted by Crippen LogP contribution is -2.34. The zero-order valence-corrected chi connectivity index (χ0v) is 17.7. The lowest BCUT2D eigenvalue weighted by Gasteiger charge is -2.26. The summed E-state index contributed by atoms with van der Waals surface area (Å²) in [6, 6.07) is 7.62. The minimum Gasteiger partial charge on any atom is -0.494 e. The number of nitrogens with one attached hydrogen (secondary N) is 1. The Morgan fingerprint density at radius 1 is 0.926 bits per heavy atom. The van der Waals surface area contributed by atoms with Crippen LogP contribution in [0.25, 0.3) is 0 Å². The van der Waals surface area contributed by atoms with Gasteiger partial charge < -0.3 is 19.9 Å². The minimum atomic E-state index is 0. The first-order chi connectivity index (χ1) is 12.3. The molecule has 2 aliphatic rings. The number of hydrogen-bond donors (Lipinski definition) is 1. The van der Waals surface area contributed by atoms with Crippen molar-refractivity contribution in [1.82, 2.24) is 15.1 Å². The summed E-state index contributed by atoms with van der Waals surface area (Å²) in [6.07, 6.45) is 6.13. The van der Waals surface area contributed by atoms with Crippen LogP contribution in [0.1, 0.15) is 42.5 Å². The number of benzene rings is 1. The molecule has 5 nitrogen and oxygen atoms in total. The zero-order chi connectivity index (χ0) is 17.3. The van der Waals surface area contributed by atoms with Gasteiger partial charge in [-0.25, -0.2) is 0 Å². The molecule has 1 N–H and O–H groups in total. The number of piperidine rings is 1. The van der Waals surface area contributed by atoms with Crippen molar-refractivity contribution in [3.05, 3.63) is 29.8 Å². The summed E-state index contributed by atoms with van der Waals surface area (Å²) in [7, 11) is 0. The van der Waals surface area contributed by atoms with Crippen molar-refractivity contribution < 1.29 is 9.53 Å². The molecule has 2 heterocycles. The van der Waals surface area contributed by atoms with E-state index >= 15 is 0 Å². The minimum absolute atomic E-state index is 0. The maximum absolute atomic E-state index is 12.6. The van der Waals surface area contributed by atoms with E-state index in [1.165, 1.54) is 32.4 Å². The van der Waals surface area contributed by atoms with Gasteiger partial charge in [-0.1, -0.05) is 6.42 Å². The van der Waals surface area contributed by atoms with Crippen LogP contribution in [0.15, 0.2) is 24.3 Å². The molecule has 0 aliphatic carbocycles. The van der Waals surface area contributed by atoms with Crippen molar-refractivity contribution >= 4 is 30.7 Å². The van der Waals surface area contributed by atoms with E-state index < -0.39 is 0 Å². The molecule has 0 unspecified atom stereocenters. The first-order valence-corrected chi connectivity index (χ1v) is 9.78. The molecule has 154 valence electrons. The van der Waals surface area contributed by atoms with Crippen molar-refractivity contribution in [3.8, 4) is 5.75 Å². The number of carbonyl (C=O) groups is 1. The van der Waals surface area contributed by atoms with Crippen LogP contribution in [0.4, 0.5) is 0 Å². The van der Waals surface area contributed by atoms with E-state index in [9.17, 15) is 4.79 Å². The van der Waals surface area contributed by atoms with Crippen LogP contribution >= 0.6 is 24.8 Å². The third-order valence-corrected chi connectivity index (χ3v) is 5.06. The molecule has 0 saturated carbocycles. The molecule has 1 aromatic rings. The van der Waals surface area contributed by atoms with E-state index in [1.54, 1.807) is 0 Å². The SMILES string of the molecule is Cl.Cl.O=C(c1ccc(OCCCN2CCCCC2)cc1)N1CCCNCC1. The Labute approximate surface area is 175 Å². The molecule has 0 bridgehead atoms. The van der Waals surface area contributed by atoms with Gasteiger partial charge in [-0.05, 0) is 69.6 Å². The normalized spacial score (nSPS) is 18.0. The molecule has 2 saturated heterocycles. The van der Waals surface area contributed by atoms with Crippen LogP contribution in [0, 0.1) is 0 Å². The van der Waals surface area contributed by atoms with Gasteiger partial charge in [0, 0.05) is 31.7 Å². The van der Waals surface area contributed by atoms with E-state index in [4.69, 9.17) is 4.74 Å². The third kappa shape index (κ3) is 7.86. The molecule has 3 rings (SSSR count). The van der Waals surface area contributed by atoms with Crippen molar-refractivity contribution in [1.29, 1.82) is 0 Å². The number of likely N-dealkylation sites (tertiary alicyclic amines) is 1. The second kappa shape index (κ2) is 13.2. The summed E-state index contributed by atoms with van der Waals surface area (Å²) in [5, 5.41) is 3.33. The Morgan fingerprint density at radius 2 is 1.67 bits per heavy atom. The molecular formula is C20H33Cl2N3O2. The van der Waals surface area contributed by atoms with Gasteiger partial charge in [-0.3, -0.25) is 4.79 Å². The average molecular weight is 418 g/mol. The first-order valence-electron chi connectivity index (χ1n) is 9.78. The molecular weight excluding hydrogens is 385 g/mol. The standard InChI is InChI=1S/C20H31N3O2.2ClH/c24-20(23-15-4-10-21-11-16-23)18-6-8-19(9-7-18)25-17-5-14-22-12-2-1-3-13-22;;/h6-9,21H,1-5,10-17H2;2*1H. The van der Waals surface area contributed by atoms with E-state index in [0.29, 0.717) is 0 Å². The van der Waals surface area contributed by atoms with Gasteiger partial charge in [0.05, 0.1) is 6.61 Å². The number of nitrogens with zero attached hydrogens (tertiary/aromatic N) is 2. The average Bonchev–Trinajstić information content (AvgIpc) is 2.95. The smallest absolute Gasteiger partial charge is 0.253 e. The summed E-state index contributed by atoms with van der Waals surface area (Å²) in [5.74, 6) is 0.980. The van der Waals surface area contributed by atoms with E-state index in [1.807, 2.05) is 29.2 Å². The highest BCUT2D eigenvalue weighted by Crippen LogP contribution is 2.15. The second-order valence-electron chi connectivity index (χ2n) is 7.02. The molecule has 2 aliphatic heterocycles. The fourth-order valence-electron chi connectivity index (χ4n) is 3.59. The molecule has 1 aromatic carbocycles. The molecule has 0 atom stereocenters. The molecule has 1 amide bonds. The quantitative estimate of drug-likeness (QED) is 0.721. The third-order valence-electron chi connectivity index (χ3n) is 5.06. The van der Waals surface area contributed by atoms with Crippen LogP contribution in [-0.2, 0) is 0 Å². The lowest BCUT2D eigenvalue weighted by atomic mass is 10.1. The van der Waals surface area contributed by atoms with Gasteiger partial charge in [-0.2, -0.15) is 0 Å². The monoisotopic (exact) mass is 417 g/mol. The van der Waals surface area contributed by atoms with E-state index in [2.05, 4.69) is 10.2 Å².